The van der Waals surface area contributed by atoms with Crippen LogP contribution in [0.4, 0.5) is 5.82 Å². The lowest BCUT2D eigenvalue weighted by atomic mass is 10.3. The number of nitriles is 1. The first-order chi connectivity index (χ1) is 7.72. The fourth-order valence-electron chi connectivity index (χ4n) is 1.56. The molecule has 0 aliphatic rings. The molecule has 0 aliphatic carbocycles. The summed E-state index contributed by atoms with van der Waals surface area (Å²) in [5, 5.41) is 8.82. The molecule has 0 aliphatic heterocycles. The highest BCUT2D eigenvalue weighted by Crippen LogP contribution is 2.19. The lowest BCUT2D eigenvalue weighted by Gasteiger charge is -2.22. The minimum atomic E-state index is 0.580. The summed E-state index contributed by atoms with van der Waals surface area (Å²) in [7, 11) is 0. The number of hydrogen-bond donors (Lipinski definition) is 0. The molecule has 0 N–H and O–H groups in total. The Morgan fingerprint density at radius 2 is 1.94 bits per heavy atom. The number of halogens is 1. The molecule has 0 amide bonds. The first-order valence-corrected chi connectivity index (χ1v) is 6.33. The molecule has 1 rings (SSSR count). The smallest absolute Gasteiger partial charge is 0.129 e. The van der Waals surface area contributed by atoms with Gasteiger partial charge in [-0.05, 0) is 40.9 Å². The zero-order valence-corrected chi connectivity index (χ0v) is 11.3. The van der Waals surface area contributed by atoms with Crippen molar-refractivity contribution in [1.82, 2.24) is 4.98 Å². The third-order valence-electron chi connectivity index (χ3n) is 2.27. The Hall–Kier alpha value is -1.08. The Labute approximate surface area is 105 Å². The van der Waals surface area contributed by atoms with Gasteiger partial charge in [0.25, 0.3) is 0 Å². The monoisotopic (exact) mass is 281 g/mol. The summed E-state index contributed by atoms with van der Waals surface area (Å²) >= 11 is 3.32. The van der Waals surface area contributed by atoms with Crippen LogP contribution in [0.25, 0.3) is 0 Å². The first kappa shape index (κ1) is 13.0. The second-order valence-electron chi connectivity index (χ2n) is 3.61. The molecule has 0 unspecified atom stereocenters. The highest BCUT2D eigenvalue weighted by atomic mass is 79.9. The molecule has 0 bridgehead atoms. The van der Waals surface area contributed by atoms with E-state index in [2.05, 4.69) is 45.7 Å². The minimum Gasteiger partial charge on any atom is -0.357 e. The predicted molar refractivity (Wildman–Crippen MR) is 69.4 cm³/mol. The summed E-state index contributed by atoms with van der Waals surface area (Å²) in [6.45, 7) is 6.31. The predicted octanol–water partition coefficient (Wildman–Crippen LogP) is 3.34. The Bertz CT molecular complexity index is 378. The van der Waals surface area contributed by atoms with Crippen LogP contribution in [0, 0.1) is 11.3 Å². The van der Waals surface area contributed by atoms with Crippen LogP contribution in [0.2, 0.25) is 0 Å². The topological polar surface area (TPSA) is 39.9 Å². The molecule has 0 saturated carbocycles. The van der Waals surface area contributed by atoms with Gasteiger partial charge in [-0.1, -0.05) is 13.8 Å². The molecule has 0 saturated heterocycles. The van der Waals surface area contributed by atoms with Gasteiger partial charge in [-0.25, -0.2) is 4.98 Å². The Balaban J connectivity index is 2.93. The van der Waals surface area contributed by atoms with Crippen molar-refractivity contribution in [3.05, 3.63) is 22.3 Å². The highest BCUT2D eigenvalue weighted by Gasteiger charge is 2.08. The van der Waals surface area contributed by atoms with Crippen LogP contribution in [0.5, 0.6) is 0 Å². The number of pyridine rings is 1. The minimum absolute atomic E-state index is 0.580. The van der Waals surface area contributed by atoms with E-state index in [4.69, 9.17) is 5.26 Å². The third kappa shape index (κ3) is 3.21. The largest absolute Gasteiger partial charge is 0.357 e. The maximum Gasteiger partial charge on any atom is 0.129 e. The summed E-state index contributed by atoms with van der Waals surface area (Å²) in [5.74, 6) is 0.939. The zero-order chi connectivity index (χ0) is 12.0. The number of aromatic nitrogens is 1. The van der Waals surface area contributed by atoms with E-state index in [1.54, 1.807) is 0 Å². The van der Waals surface area contributed by atoms with E-state index in [9.17, 15) is 0 Å². The van der Waals surface area contributed by atoms with Crippen molar-refractivity contribution in [2.75, 3.05) is 18.0 Å². The third-order valence-corrected chi connectivity index (χ3v) is 2.87. The lowest BCUT2D eigenvalue weighted by Crippen LogP contribution is -2.25. The Morgan fingerprint density at radius 1 is 1.31 bits per heavy atom. The molecule has 0 radical (unpaired) electrons. The van der Waals surface area contributed by atoms with E-state index in [-0.39, 0.29) is 0 Å². The SMILES string of the molecule is CCCN(CCC)c1ccc(C#N)c(Br)n1. The summed E-state index contributed by atoms with van der Waals surface area (Å²) in [5.41, 5.74) is 0.580. The Morgan fingerprint density at radius 3 is 2.38 bits per heavy atom. The fraction of sp³-hybridized carbons (Fsp3) is 0.500. The lowest BCUT2D eigenvalue weighted by molar-refractivity contribution is 0.733. The van der Waals surface area contributed by atoms with Crippen LogP contribution in [-0.4, -0.2) is 18.1 Å². The summed E-state index contributed by atoms with van der Waals surface area (Å²) < 4.78 is 0.629. The van der Waals surface area contributed by atoms with Crippen LogP contribution < -0.4 is 4.90 Å². The number of hydrogen-bond acceptors (Lipinski definition) is 3. The van der Waals surface area contributed by atoms with Crippen molar-refractivity contribution in [2.45, 2.75) is 26.7 Å². The van der Waals surface area contributed by atoms with Gasteiger partial charge in [0.2, 0.25) is 0 Å². The van der Waals surface area contributed by atoms with E-state index in [0.717, 1.165) is 31.7 Å². The van der Waals surface area contributed by atoms with E-state index in [0.29, 0.717) is 10.2 Å². The molecule has 86 valence electrons. The van der Waals surface area contributed by atoms with Crippen LogP contribution >= 0.6 is 15.9 Å². The van der Waals surface area contributed by atoms with E-state index in [1.165, 1.54) is 0 Å². The van der Waals surface area contributed by atoms with Gasteiger partial charge in [-0.2, -0.15) is 5.26 Å². The normalized spacial score (nSPS) is 9.88. The molecule has 1 heterocycles. The van der Waals surface area contributed by atoms with Crippen LogP contribution in [0.1, 0.15) is 32.3 Å². The molecular formula is C12H16BrN3. The van der Waals surface area contributed by atoms with Crippen LogP contribution in [0.15, 0.2) is 16.7 Å². The number of rotatable bonds is 5. The highest BCUT2D eigenvalue weighted by molar-refractivity contribution is 9.10. The van der Waals surface area contributed by atoms with Gasteiger partial charge >= 0.3 is 0 Å². The molecule has 0 fully saturated rings. The maximum atomic E-state index is 8.82. The van der Waals surface area contributed by atoms with Crippen molar-refractivity contribution < 1.29 is 0 Å². The second kappa shape index (κ2) is 6.49. The van der Waals surface area contributed by atoms with Gasteiger partial charge in [-0.15, -0.1) is 0 Å². The molecule has 4 heteroatoms. The van der Waals surface area contributed by atoms with Gasteiger partial charge < -0.3 is 4.90 Å². The average molecular weight is 282 g/mol. The van der Waals surface area contributed by atoms with Crippen molar-refractivity contribution in [1.29, 1.82) is 5.26 Å². The van der Waals surface area contributed by atoms with E-state index >= 15 is 0 Å². The van der Waals surface area contributed by atoms with Gasteiger partial charge in [0.05, 0.1) is 5.56 Å². The van der Waals surface area contributed by atoms with E-state index in [1.807, 2.05) is 12.1 Å². The summed E-state index contributed by atoms with van der Waals surface area (Å²) in [6.07, 6.45) is 2.19. The molecule has 0 spiro atoms. The molecule has 1 aromatic heterocycles. The van der Waals surface area contributed by atoms with E-state index < -0.39 is 0 Å². The van der Waals surface area contributed by atoms with Crippen LogP contribution in [0.3, 0.4) is 0 Å². The summed E-state index contributed by atoms with van der Waals surface area (Å²) in [6, 6.07) is 5.82. The Kier molecular flexibility index (Phi) is 5.27. The van der Waals surface area contributed by atoms with Gasteiger partial charge in [0, 0.05) is 13.1 Å². The molecule has 3 nitrogen and oxygen atoms in total. The number of anilines is 1. The van der Waals surface area contributed by atoms with Gasteiger partial charge in [0.1, 0.15) is 16.5 Å². The standard InChI is InChI=1S/C12H16BrN3/c1-3-7-16(8-4-2)11-6-5-10(9-14)12(13)15-11/h5-6H,3-4,7-8H2,1-2H3. The summed E-state index contributed by atoms with van der Waals surface area (Å²) in [4.78, 5) is 6.64. The molecule has 0 atom stereocenters. The maximum absolute atomic E-state index is 8.82. The second-order valence-corrected chi connectivity index (χ2v) is 4.36. The number of nitrogens with zero attached hydrogens (tertiary/aromatic N) is 3. The van der Waals surface area contributed by atoms with Crippen LogP contribution in [-0.2, 0) is 0 Å². The van der Waals surface area contributed by atoms with Crippen molar-refractivity contribution in [3.63, 3.8) is 0 Å². The van der Waals surface area contributed by atoms with Crippen molar-refractivity contribution in [3.8, 4) is 6.07 Å². The fourth-order valence-corrected chi connectivity index (χ4v) is 1.97. The molecule has 16 heavy (non-hydrogen) atoms. The molecule has 1 aromatic rings. The average Bonchev–Trinajstić information content (AvgIpc) is 2.28. The quantitative estimate of drug-likeness (QED) is 0.777. The van der Waals surface area contributed by atoms with Gasteiger partial charge in [0.15, 0.2) is 0 Å². The first-order valence-electron chi connectivity index (χ1n) is 5.54. The van der Waals surface area contributed by atoms with Crippen molar-refractivity contribution >= 4 is 21.7 Å². The zero-order valence-electron chi connectivity index (χ0n) is 9.70. The molecular weight excluding hydrogens is 266 g/mol. The van der Waals surface area contributed by atoms with Crippen molar-refractivity contribution in [2.24, 2.45) is 0 Å². The molecule has 0 aromatic carbocycles. The van der Waals surface area contributed by atoms with Gasteiger partial charge in [-0.3, -0.25) is 0 Å².